The van der Waals surface area contributed by atoms with Crippen LogP contribution in [-0.4, -0.2) is 43.5 Å². The number of nitrogens with zero attached hydrogens (tertiary/aromatic N) is 1. The van der Waals surface area contributed by atoms with Crippen LogP contribution in [0.25, 0.3) is 0 Å². The summed E-state index contributed by atoms with van der Waals surface area (Å²) in [6, 6.07) is 9.73. The van der Waals surface area contributed by atoms with Gasteiger partial charge in [0.2, 0.25) is 0 Å². The number of hydrogen-bond donors (Lipinski definition) is 2. The van der Waals surface area contributed by atoms with Gasteiger partial charge in [-0.1, -0.05) is 18.2 Å². The molecule has 27 heavy (non-hydrogen) atoms. The molecule has 0 aliphatic carbocycles. The zero-order valence-electron chi connectivity index (χ0n) is 14.9. The lowest BCUT2D eigenvalue weighted by molar-refractivity contribution is 0.0545. The highest BCUT2D eigenvalue weighted by Gasteiger charge is 2.25. The van der Waals surface area contributed by atoms with Crippen molar-refractivity contribution in [1.29, 1.82) is 0 Å². The molecule has 0 aromatic heterocycles. The number of sulfonamides is 1. The van der Waals surface area contributed by atoms with Gasteiger partial charge in [0.25, 0.3) is 15.9 Å². The summed E-state index contributed by atoms with van der Waals surface area (Å²) in [4.78, 5) is 14.3. The topological polar surface area (TPSA) is 86.7 Å². The van der Waals surface area contributed by atoms with E-state index in [4.69, 9.17) is 0 Å². The Labute approximate surface area is 157 Å². The SMILES string of the molecule is Cc1ccc(S(=O)(=O)Nc2ccccc2F)cc1C(=O)N1CCC(O)CC1. The van der Waals surface area contributed by atoms with Crippen LogP contribution in [0.15, 0.2) is 47.4 Å². The molecule has 0 atom stereocenters. The van der Waals surface area contributed by atoms with E-state index < -0.39 is 21.9 Å². The van der Waals surface area contributed by atoms with Crippen molar-refractivity contribution in [3.05, 3.63) is 59.4 Å². The second-order valence-corrected chi connectivity index (χ2v) is 8.27. The number of piperidine rings is 1. The lowest BCUT2D eigenvalue weighted by Gasteiger charge is -2.30. The summed E-state index contributed by atoms with van der Waals surface area (Å²) in [6.45, 7) is 2.57. The molecule has 1 amide bonds. The second kappa shape index (κ2) is 7.66. The number of likely N-dealkylation sites (tertiary alicyclic amines) is 1. The molecule has 0 radical (unpaired) electrons. The molecule has 1 aliphatic rings. The van der Waals surface area contributed by atoms with Crippen molar-refractivity contribution in [3.8, 4) is 0 Å². The largest absolute Gasteiger partial charge is 0.393 e. The average molecular weight is 392 g/mol. The van der Waals surface area contributed by atoms with E-state index in [2.05, 4.69) is 4.72 Å². The first-order valence-corrected chi connectivity index (χ1v) is 10.1. The van der Waals surface area contributed by atoms with Crippen LogP contribution in [0, 0.1) is 12.7 Å². The van der Waals surface area contributed by atoms with Crippen molar-refractivity contribution < 1.29 is 22.7 Å². The van der Waals surface area contributed by atoms with Crippen molar-refractivity contribution in [3.63, 3.8) is 0 Å². The summed E-state index contributed by atoms with van der Waals surface area (Å²) >= 11 is 0. The van der Waals surface area contributed by atoms with E-state index in [1.807, 2.05) is 0 Å². The van der Waals surface area contributed by atoms with Gasteiger partial charge in [0.15, 0.2) is 0 Å². The minimum Gasteiger partial charge on any atom is -0.393 e. The smallest absolute Gasteiger partial charge is 0.262 e. The molecule has 1 saturated heterocycles. The molecule has 1 heterocycles. The summed E-state index contributed by atoms with van der Waals surface area (Å²) in [6.07, 6.45) is 0.585. The number of halogens is 1. The van der Waals surface area contributed by atoms with Crippen LogP contribution in [0.1, 0.15) is 28.8 Å². The van der Waals surface area contributed by atoms with Gasteiger partial charge < -0.3 is 10.0 Å². The monoisotopic (exact) mass is 392 g/mol. The zero-order valence-corrected chi connectivity index (χ0v) is 15.7. The number of anilines is 1. The van der Waals surface area contributed by atoms with Gasteiger partial charge in [0.05, 0.1) is 16.7 Å². The molecule has 144 valence electrons. The molecule has 0 spiro atoms. The first-order chi connectivity index (χ1) is 12.8. The Hall–Kier alpha value is -2.45. The van der Waals surface area contributed by atoms with E-state index >= 15 is 0 Å². The third-order valence-electron chi connectivity index (χ3n) is 4.62. The standard InChI is InChI=1S/C19H21FN2O4S/c1-13-6-7-15(27(25,26)21-18-5-3-2-4-17(18)20)12-16(13)19(24)22-10-8-14(23)9-11-22/h2-7,12,14,21,23H,8-11H2,1H3. The van der Waals surface area contributed by atoms with Gasteiger partial charge in [-0.25, -0.2) is 12.8 Å². The van der Waals surface area contributed by atoms with E-state index in [0.29, 0.717) is 31.5 Å². The number of aliphatic hydroxyl groups is 1. The van der Waals surface area contributed by atoms with Gasteiger partial charge in [0.1, 0.15) is 5.82 Å². The van der Waals surface area contributed by atoms with Crippen LogP contribution in [-0.2, 0) is 10.0 Å². The highest BCUT2D eigenvalue weighted by molar-refractivity contribution is 7.92. The highest BCUT2D eigenvalue weighted by atomic mass is 32.2. The molecule has 0 bridgehead atoms. The Morgan fingerprint density at radius 3 is 2.52 bits per heavy atom. The number of aryl methyl sites for hydroxylation is 1. The fourth-order valence-electron chi connectivity index (χ4n) is 2.99. The molecular formula is C19H21FN2O4S. The van der Waals surface area contributed by atoms with E-state index in [0.717, 1.165) is 6.07 Å². The predicted octanol–water partition coefficient (Wildman–Crippen LogP) is 2.53. The Balaban J connectivity index is 1.88. The first kappa shape index (κ1) is 19.3. The number of amides is 1. The Morgan fingerprint density at radius 1 is 1.19 bits per heavy atom. The fourth-order valence-corrected chi connectivity index (χ4v) is 4.08. The van der Waals surface area contributed by atoms with Gasteiger partial charge in [-0.15, -0.1) is 0 Å². The normalized spacial score (nSPS) is 15.6. The van der Waals surface area contributed by atoms with E-state index in [1.165, 1.54) is 30.3 Å². The third kappa shape index (κ3) is 4.28. The number of aliphatic hydroxyl groups excluding tert-OH is 1. The van der Waals surface area contributed by atoms with Gasteiger partial charge in [-0.05, 0) is 49.6 Å². The summed E-state index contributed by atoms with van der Waals surface area (Å²) in [5.41, 5.74) is 0.773. The number of carbonyl (C=O) groups excluding carboxylic acids is 1. The predicted molar refractivity (Wildman–Crippen MR) is 99.5 cm³/mol. The first-order valence-electron chi connectivity index (χ1n) is 8.63. The van der Waals surface area contributed by atoms with Gasteiger partial charge in [-0.2, -0.15) is 0 Å². The van der Waals surface area contributed by atoms with Crippen molar-refractivity contribution in [2.24, 2.45) is 0 Å². The Kier molecular flexibility index (Phi) is 5.48. The fraction of sp³-hybridized carbons (Fsp3) is 0.316. The Morgan fingerprint density at radius 2 is 1.85 bits per heavy atom. The van der Waals surface area contributed by atoms with Crippen LogP contribution < -0.4 is 4.72 Å². The molecule has 1 fully saturated rings. The molecule has 2 N–H and O–H groups in total. The maximum Gasteiger partial charge on any atom is 0.262 e. The van der Waals surface area contributed by atoms with Crippen LogP contribution in [0.2, 0.25) is 0 Å². The van der Waals surface area contributed by atoms with Crippen LogP contribution >= 0.6 is 0 Å². The molecule has 8 heteroatoms. The number of rotatable bonds is 4. The highest BCUT2D eigenvalue weighted by Crippen LogP contribution is 2.23. The van der Waals surface area contributed by atoms with Gasteiger partial charge >= 0.3 is 0 Å². The molecule has 2 aromatic rings. The molecule has 1 aliphatic heterocycles. The van der Waals surface area contributed by atoms with Gasteiger partial charge in [0, 0.05) is 18.7 Å². The molecular weight excluding hydrogens is 371 g/mol. The van der Waals surface area contributed by atoms with E-state index in [-0.39, 0.29) is 22.1 Å². The lowest BCUT2D eigenvalue weighted by Crippen LogP contribution is -2.40. The van der Waals surface area contributed by atoms with Crippen molar-refractivity contribution >= 4 is 21.6 Å². The summed E-state index contributed by atoms with van der Waals surface area (Å²) in [5, 5.41) is 9.59. The third-order valence-corrected chi connectivity index (χ3v) is 5.98. The number of benzene rings is 2. The van der Waals surface area contributed by atoms with E-state index in [1.54, 1.807) is 17.9 Å². The van der Waals surface area contributed by atoms with Crippen LogP contribution in [0.3, 0.4) is 0 Å². The minimum atomic E-state index is -4.05. The number of carbonyl (C=O) groups is 1. The van der Waals surface area contributed by atoms with Crippen LogP contribution in [0.4, 0.5) is 10.1 Å². The minimum absolute atomic E-state index is 0.114. The molecule has 2 aromatic carbocycles. The number of hydrogen-bond acceptors (Lipinski definition) is 4. The molecule has 6 nitrogen and oxygen atoms in total. The molecule has 0 unspecified atom stereocenters. The number of nitrogens with one attached hydrogen (secondary N) is 1. The molecule has 3 rings (SSSR count). The summed E-state index contributed by atoms with van der Waals surface area (Å²) < 4.78 is 41.2. The zero-order chi connectivity index (χ0) is 19.6. The maximum absolute atomic E-state index is 13.8. The number of para-hydroxylation sites is 1. The Bertz CT molecular complexity index is 954. The summed E-state index contributed by atoms with van der Waals surface area (Å²) in [5.74, 6) is -0.960. The maximum atomic E-state index is 13.8. The lowest BCUT2D eigenvalue weighted by atomic mass is 10.0. The van der Waals surface area contributed by atoms with Crippen molar-refractivity contribution in [2.75, 3.05) is 17.8 Å². The van der Waals surface area contributed by atoms with Crippen molar-refractivity contribution in [2.45, 2.75) is 30.8 Å². The van der Waals surface area contributed by atoms with Crippen LogP contribution in [0.5, 0.6) is 0 Å². The molecule has 0 saturated carbocycles. The summed E-state index contributed by atoms with van der Waals surface area (Å²) in [7, 11) is -4.05. The quantitative estimate of drug-likeness (QED) is 0.837. The second-order valence-electron chi connectivity index (χ2n) is 6.59. The average Bonchev–Trinajstić information content (AvgIpc) is 2.64. The van der Waals surface area contributed by atoms with Crippen molar-refractivity contribution in [1.82, 2.24) is 4.90 Å². The van der Waals surface area contributed by atoms with Gasteiger partial charge in [-0.3, -0.25) is 9.52 Å². The van der Waals surface area contributed by atoms with E-state index in [9.17, 15) is 22.7 Å².